The van der Waals surface area contributed by atoms with Crippen LogP contribution in [0.3, 0.4) is 0 Å². The summed E-state index contributed by atoms with van der Waals surface area (Å²) in [7, 11) is -2.45. The van der Waals surface area contributed by atoms with Crippen molar-refractivity contribution in [3.05, 3.63) is 59.1 Å². The summed E-state index contributed by atoms with van der Waals surface area (Å²) in [6, 6.07) is 12.9. The van der Waals surface area contributed by atoms with Crippen LogP contribution in [-0.2, 0) is 26.2 Å². The molecular formula is C20H22ClN3O4S. The van der Waals surface area contributed by atoms with Gasteiger partial charge in [-0.2, -0.15) is 4.31 Å². The van der Waals surface area contributed by atoms with Gasteiger partial charge in [-0.05, 0) is 54.8 Å². The van der Waals surface area contributed by atoms with Crippen LogP contribution in [0, 0.1) is 5.92 Å². The molecule has 1 fully saturated rings. The summed E-state index contributed by atoms with van der Waals surface area (Å²) in [5, 5.41) is 5.99. The minimum absolute atomic E-state index is 0.0141. The molecule has 29 heavy (non-hydrogen) atoms. The Morgan fingerprint density at radius 1 is 1.14 bits per heavy atom. The van der Waals surface area contributed by atoms with Crippen LogP contribution in [0.15, 0.2) is 53.4 Å². The Hall–Kier alpha value is -2.42. The summed E-state index contributed by atoms with van der Waals surface area (Å²) >= 11 is 5.79. The van der Waals surface area contributed by atoms with E-state index in [9.17, 15) is 18.0 Å². The number of sulfonamides is 1. The Kier molecular flexibility index (Phi) is 6.56. The number of carbonyl (C=O) groups excluding carboxylic acids is 2. The molecule has 2 N–H and O–H groups in total. The number of rotatable bonds is 8. The molecule has 3 rings (SSSR count). The Morgan fingerprint density at radius 3 is 2.48 bits per heavy atom. The number of nitrogens with one attached hydrogen (secondary N) is 2. The molecule has 0 aliphatic heterocycles. The summed E-state index contributed by atoms with van der Waals surface area (Å²) < 4.78 is 26.0. The van der Waals surface area contributed by atoms with Crippen molar-refractivity contribution in [1.82, 2.24) is 9.62 Å². The highest BCUT2D eigenvalue weighted by Crippen LogP contribution is 2.30. The van der Waals surface area contributed by atoms with Gasteiger partial charge in [0.2, 0.25) is 21.8 Å². The summed E-state index contributed by atoms with van der Waals surface area (Å²) in [4.78, 5) is 24.1. The van der Waals surface area contributed by atoms with E-state index < -0.39 is 15.9 Å². The molecule has 1 aliphatic rings. The topological polar surface area (TPSA) is 95.6 Å². The maximum absolute atomic E-state index is 12.5. The van der Waals surface area contributed by atoms with Gasteiger partial charge in [-0.3, -0.25) is 9.59 Å². The van der Waals surface area contributed by atoms with E-state index in [1.165, 1.54) is 31.3 Å². The van der Waals surface area contributed by atoms with Gasteiger partial charge in [0.1, 0.15) is 0 Å². The Balaban J connectivity index is 1.54. The molecule has 0 atom stereocenters. The van der Waals surface area contributed by atoms with Crippen molar-refractivity contribution in [2.24, 2.45) is 5.92 Å². The first-order valence-corrected chi connectivity index (χ1v) is 11.0. The number of amides is 2. The van der Waals surface area contributed by atoms with Gasteiger partial charge >= 0.3 is 0 Å². The van der Waals surface area contributed by atoms with Gasteiger partial charge in [0.25, 0.3) is 0 Å². The lowest BCUT2D eigenvalue weighted by Crippen LogP contribution is -2.38. The quantitative estimate of drug-likeness (QED) is 0.666. The molecule has 2 aromatic rings. The lowest BCUT2D eigenvalue weighted by Gasteiger charge is -2.17. The third-order valence-corrected chi connectivity index (χ3v) is 6.59. The van der Waals surface area contributed by atoms with Gasteiger partial charge in [-0.1, -0.05) is 23.7 Å². The zero-order valence-electron chi connectivity index (χ0n) is 15.9. The third-order valence-electron chi connectivity index (χ3n) is 4.52. The molecule has 9 heteroatoms. The van der Waals surface area contributed by atoms with Crippen molar-refractivity contribution in [2.75, 3.05) is 18.9 Å². The van der Waals surface area contributed by atoms with Crippen molar-refractivity contribution in [1.29, 1.82) is 0 Å². The molecule has 1 aliphatic carbocycles. The van der Waals surface area contributed by atoms with E-state index in [2.05, 4.69) is 10.6 Å². The Morgan fingerprint density at radius 2 is 1.83 bits per heavy atom. The van der Waals surface area contributed by atoms with Crippen LogP contribution >= 0.6 is 11.6 Å². The van der Waals surface area contributed by atoms with Crippen LogP contribution < -0.4 is 10.6 Å². The maximum atomic E-state index is 12.5. The molecule has 0 saturated heterocycles. The lowest BCUT2D eigenvalue weighted by molar-refractivity contribution is -0.121. The van der Waals surface area contributed by atoms with Crippen LogP contribution in [0.4, 0.5) is 5.69 Å². The zero-order valence-corrected chi connectivity index (χ0v) is 17.5. The molecule has 1 saturated carbocycles. The number of likely N-dealkylation sites (N-methyl/N-ethyl adjacent to an activating group) is 1. The molecule has 0 spiro atoms. The van der Waals surface area contributed by atoms with Crippen molar-refractivity contribution < 1.29 is 18.0 Å². The first kappa shape index (κ1) is 21.3. The lowest BCUT2D eigenvalue weighted by atomic mass is 10.2. The fourth-order valence-corrected chi connectivity index (χ4v) is 3.93. The molecule has 7 nitrogen and oxygen atoms in total. The van der Waals surface area contributed by atoms with Gasteiger partial charge in [0, 0.05) is 30.2 Å². The normalized spacial score (nSPS) is 13.9. The highest BCUT2D eigenvalue weighted by molar-refractivity contribution is 7.89. The molecule has 154 valence electrons. The minimum Gasteiger partial charge on any atom is -0.351 e. The van der Waals surface area contributed by atoms with Gasteiger partial charge in [-0.25, -0.2) is 8.42 Å². The van der Waals surface area contributed by atoms with E-state index in [1.54, 1.807) is 18.2 Å². The predicted molar refractivity (Wildman–Crippen MR) is 111 cm³/mol. The van der Waals surface area contributed by atoms with Crippen molar-refractivity contribution in [3.63, 3.8) is 0 Å². The standard InChI is InChI=1S/C20H22ClN3O4S/c1-24(29(27,28)18-9-7-16(21)8-10-18)13-19(25)22-12-14-3-2-4-17(11-14)23-20(26)15-5-6-15/h2-4,7-11,15H,5-6,12-13H2,1H3,(H,22,25)(H,23,26). The highest BCUT2D eigenvalue weighted by Gasteiger charge is 2.29. The van der Waals surface area contributed by atoms with Crippen LogP contribution in [-0.4, -0.2) is 38.1 Å². The summed E-state index contributed by atoms with van der Waals surface area (Å²) in [5.41, 5.74) is 1.48. The summed E-state index contributed by atoms with van der Waals surface area (Å²) in [6.07, 6.45) is 1.85. The summed E-state index contributed by atoms with van der Waals surface area (Å²) in [5.74, 6) is -0.311. The first-order chi connectivity index (χ1) is 13.8. The SMILES string of the molecule is CN(CC(=O)NCc1cccc(NC(=O)C2CC2)c1)S(=O)(=O)c1ccc(Cl)cc1. The molecule has 0 aromatic heterocycles. The van der Waals surface area contributed by atoms with Crippen molar-refractivity contribution in [2.45, 2.75) is 24.3 Å². The van der Waals surface area contributed by atoms with Crippen LogP contribution in [0.2, 0.25) is 5.02 Å². The van der Waals surface area contributed by atoms with E-state index in [1.807, 2.05) is 6.07 Å². The molecule has 0 unspecified atom stereocenters. The molecular weight excluding hydrogens is 414 g/mol. The molecule has 0 heterocycles. The Labute approximate surface area is 175 Å². The third kappa shape index (κ3) is 5.79. The van der Waals surface area contributed by atoms with E-state index in [-0.39, 0.29) is 29.8 Å². The predicted octanol–water partition coefficient (Wildman–Crippen LogP) is 2.63. The number of hydrogen-bond acceptors (Lipinski definition) is 4. The Bertz CT molecular complexity index is 1000. The van der Waals surface area contributed by atoms with Crippen LogP contribution in [0.1, 0.15) is 18.4 Å². The first-order valence-electron chi connectivity index (χ1n) is 9.14. The highest BCUT2D eigenvalue weighted by atomic mass is 35.5. The van der Waals surface area contributed by atoms with E-state index >= 15 is 0 Å². The van der Waals surface area contributed by atoms with Crippen LogP contribution in [0.5, 0.6) is 0 Å². The second-order valence-electron chi connectivity index (χ2n) is 6.96. The van der Waals surface area contributed by atoms with E-state index in [0.29, 0.717) is 10.7 Å². The van der Waals surface area contributed by atoms with Gasteiger partial charge in [0.15, 0.2) is 0 Å². The number of carbonyl (C=O) groups is 2. The minimum atomic E-state index is -3.79. The van der Waals surface area contributed by atoms with E-state index in [0.717, 1.165) is 22.7 Å². The largest absolute Gasteiger partial charge is 0.351 e. The average Bonchev–Trinajstić information content (AvgIpc) is 3.52. The summed E-state index contributed by atoms with van der Waals surface area (Å²) in [6.45, 7) is -0.0934. The van der Waals surface area contributed by atoms with Gasteiger partial charge in [-0.15, -0.1) is 0 Å². The van der Waals surface area contributed by atoms with Crippen LogP contribution in [0.25, 0.3) is 0 Å². The average molecular weight is 436 g/mol. The maximum Gasteiger partial charge on any atom is 0.243 e. The number of nitrogens with zero attached hydrogens (tertiary/aromatic N) is 1. The number of anilines is 1. The number of benzene rings is 2. The van der Waals surface area contributed by atoms with Gasteiger partial charge < -0.3 is 10.6 Å². The second kappa shape index (κ2) is 8.94. The monoisotopic (exact) mass is 435 g/mol. The molecule has 2 amide bonds. The van der Waals surface area contributed by atoms with E-state index in [4.69, 9.17) is 11.6 Å². The van der Waals surface area contributed by atoms with Crippen molar-refractivity contribution >= 4 is 39.1 Å². The second-order valence-corrected chi connectivity index (χ2v) is 9.44. The smallest absolute Gasteiger partial charge is 0.243 e. The number of halogens is 1. The van der Waals surface area contributed by atoms with Crippen molar-refractivity contribution in [3.8, 4) is 0 Å². The fraction of sp³-hybridized carbons (Fsp3) is 0.300. The zero-order chi connectivity index (χ0) is 21.0. The molecule has 0 radical (unpaired) electrons. The fourth-order valence-electron chi connectivity index (χ4n) is 2.68. The molecule has 2 aromatic carbocycles. The molecule has 0 bridgehead atoms. The number of hydrogen-bond donors (Lipinski definition) is 2. The van der Waals surface area contributed by atoms with Gasteiger partial charge in [0.05, 0.1) is 11.4 Å².